The van der Waals surface area contributed by atoms with Gasteiger partial charge in [0.2, 0.25) is 0 Å². The van der Waals surface area contributed by atoms with Crippen molar-refractivity contribution >= 4 is 16.9 Å². The van der Waals surface area contributed by atoms with E-state index in [0.717, 1.165) is 10.9 Å². The Bertz CT molecular complexity index is 492. The summed E-state index contributed by atoms with van der Waals surface area (Å²) < 4.78 is 5.29. The van der Waals surface area contributed by atoms with Crippen molar-refractivity contribution in [2.45, 2.75) is 13.0 Å². The number of benzene rings is 1. The second kappa shape index (κ2) is 3.61. The van der Waals surface area contributed by atoms with Gasteiger partial charge in [0.25, 0.3) is 0 Å². The van der Waals surface area contributed by atoms with Gasteiger partial charge >= 0.3 is 5.97 Å². The topological polar surface area (TPSA) is 75.2 Å². The average molecular weight is 206 g/mol. The minimum atomic E-state index is -0.990. The van der Waals surface area contributed by atoms with Gasteiger partial charge in [0.15, 0.2) is 6.10 Å². The molecule has 1 unspecified atom stereocenters. The summed E-state index contributed by atoms with van der Waals surface area (Å²) >= 11 is 0. The fourth-order valence-corrected chi connectivity index (χ4v) is 1.28. The van der Waals surface area contributed by atoms with Crippen LogP contribution in [-0.4, -0.2) is 27.4 Å². The van der Waals surface area contributed by atoms with Crippen molar-refractivity contribution in [2.75, 3.05) is 0 Å². The van der Waals surface area contributed by atoms with Crippen LogP contribution in [0.25, 0.3) is 10.9 Å². The molecule has 0 aliphatic rings. The van der Waals surface area contributed by atoms with Crippen LogP contribution in [0.15, 0.2) is 24.4 Å². The average Bonchev–Trinajstić information content (AvgIpc) is 2.66. The van der Waals surface area contributed by atoms with Gasteiger partial charge in [-0.05, 0) is 19.1 Å². The second-order valence-electron chi connectivity index (χ2n) is 3.19. The van der Waals surface area contributed by atoms with Crippen molar-refractivity contribution in [3.8, 4) is 5.75 Å². The molecule has 0 radical (unpaired) electrons. The Morgan fingerprint density at radius 2 is 2.40 bits per heavy atom. The van der Waals surface area contributed by atoms with E-state index in [1.807, 2.05) is 6.07 Å². The fraction of sp³-hybridized carbons (Fsp3) is 0.200. The number of carboxylic acid groups (broad SMARTS) is 1. The lowest BCUT2D eigenvalue weighted by Gasteiger charge is -2.10. The van der Waals surface area contributed by atoms with Crippen molar-refractivity contribution in [2.24, 2.45) is 0 Å². The second-order valence-corrected chi connectivity index (χ2v) is 3.19. The summed E-state index contributed by atoms with van der Waals surface area (Å²) in [6, 6.07) is 5.35. The zero-order valence-electron chi connectivity index (χ0n) is 8.10. The molecule has 0 aliphatic heterocycles. The van der Waals surface area contributed by atoms with Crippen LogP contribution in [0.2, 0.25) is 0 Å². The minimum absolute atomic E-state index is 0.524. The predicted molar refractivity (Wildman–Crippen MR) is 53.8 cm³/mol. The number of nitrogens with one attached hydrogen (secondary N) is 1. The number of aliphatic carboxylic acids is 1. The molecule has 0 bridgehead atoms. The predicted octanol–water partition coefficient (Wildman–Crippen LogP) is 1.41. The van der Waals surface area contributed by atoms with Crippen molar-refractivity contribution < 1.29 is 14.6 Å². The first-order chi connectivity index (χ1) is 7.18. The first-order valence-corrected chi connectivity index (χ1v) is 4.50. The molecule has 0 saturated carbocycles. The van der Waals surface area contributed by atoms with Gasteiger partial charge in [-0.1, -0.05) is 6.07 Å². The maximum absolute atomic E-state index is 10.6. The number of hydrogen-bond acceptors (Lipinski definition) is 3. The van der Waals surface area contributed by atoms with Crippen molar-refractivity contribution in [1.82, 2.24) is 10.2 Å². The molecule has 78 valence electrons. The Morgan fingerprint density at radius 3 is 3.13 bits per heavy atom. The Hall–Kier alpha value is -2.04. The zero-order chi connectivity index (χ0) is 10.8. The van der Waals surface area contributed by atoms with E-state index < -0.39 is 12.1 Å². The highest BCUT2D eigenvalue weighted by Gasteiger charge is 2.14. The summed E-state index contributed by atoms with van der Waals surface area (Å²) in [5.74, 6) is -0.466. The normalized spacial score (nSPS) is 12.6. The van der Waals surface area contributed by atoms with Crippen LogP contribution in [-0.2, 0) is 4.79 Å². The first-order valence-electron chi connectivity index (χ1n) is 4.50. The highest BCUT2D eigenvalue weighted by atomic mass is 16.5. The molecule has 1 heterocycles. The molecule has 2 N–H and O–H groups in total. The third-order valence-corrected chi connectivity index (χ3v) is 2.10. The van der Waals surface area contributed by atoms with E-state index >= 15 is 0 Å². The molecule has 5 nitrogen and oxygen atoms in total. The Balaban J connectivity index is 2.35. The molecule has 15 heavy (non-hydrogen) atoms. The third kappa shape index (κ3) is 1.76. The molecule has 0 spiro atoms. The maximum Gasteiger partial charge on any atom is 0.344 e. The van der Waals surface area contributed by atoms with Crippen LogP contribution >= 0.6 is 0 Å². The minimum Gasteiger partial charge on any atom is -0.479 e. The highest BCUT2D eigenvalue weighted by molar-refractivity contribution is 5.85. The molecule has 2 aromatic rings. The maximum atomic E-state index is 10.6. The van der Waals surface area contributed by atoms with Gasteiger partial charge in [0.1, 0.15) is 5.75 Å². The van der Waals surface area contributed by atoms with E-state index in [1.54, 1.807) is 18.3 Å². The van der Waals surface area contributed by atoms with Gasteiger partial charge in [-0.15, -0.1) is 0 Å². The highest BCUT2D eigenvalue weighted by Crippen LogP contribution is 2.24. The molecule has 0 aliphatic carbocycles. The summed E-state index contributed by atoms with van der Waals surface area (Å²) in [5, 5.41) is 16.1. The molecule has 0 saturated heterocycles. The standard InChI is InChI=1S/C10H10N2O3/c1-6(10(13)14)15-9-4-2-3-8-7(9)5-11-12-8/h2-6H,1H3,(H,11,12)(H,13,14). The summed E-state index contributed by atoms with van der Waals surface area (Å²) in [7, 11) is 0. The number of fused-ring (bicyclic) bond motifs is 1. The Kier molecular flexibility index (Phi) is 2.29. The van der Waals surface area contributed by atoms with E-state index in [2.05, 4.69) is 10.2 Å². The molecule has 1 aromatic carbocycles. The van der Waals surface area contributed by atoms with Gasteiger partial charge < -0.3 is 9.84 Å². The molecule has 0 amide bonds. The lowest BCUT2D eigenvalue weighted by molar-refractivity contribution is -0.144. The number of nitrogens with zero attached hydrogens (tertiary/aromatic N) is 1. The van der Waals surface area contributed by atoms with E-state index in [0.29, 0.717) is 5.75 Å². The van der Waals surface area contributed by atoms with E-state index in [-0.39, 0.29) is 0 Å². The largest absolute Gasteiger partial charge is 0.479 e. The molecule has 1 atom stereocenters. The van der Waals surface area contributed by atoms with E-state index in [4.69, 9.17) is 9.84 Å². The van der Waals surface area contributed by atoms with Gasteiger partial charge in [-0.3, -0.25) is 5.10 Å². The first kappa shape index (κ1) is 9.51. The van der Waals surface area contributed by atoms with E-state index in [9.17, 15) is 4.79 Å². The summed E-state index contributed by atoms with van der Waals surface area (Å²) in [6.07, 6.45) is 0.740. The fourth-order valence-electron chi connectivity index (χ4n) is 1.28. The van der Waals surface area contributed by atoms with Gasteiger partial charge in [0, 0.05) is 0 Å². The van der Waals surface area contributed by atoms with Gasteiger partial charge in [-0.25, -0.2) is 4.79 Å². The van der Waals surface area contributed by atoms with E-state index in [1.165, 1.54) is 6.92 Å². The molecular weight excluding hydrogens is 196 g/mol. The number of hydrogen-bond donors (Lipinski definition) is 2. The lowest BCUT2D eigenvalue weighted by atomic mass is 10.2. The van der Waals surface area contributed by atoms with Crippen molar-refractivity contribution in [3.05, 3.63) is 24.4 Å². The van der Waals surface area contributed by atoms with Crippen LogP contribution in [0.1, 0.15) is 6.92 Å². The Morgan fingerprint density at radius 1 is 1.60 bits per heavy atom. The van der Waals surface area contributed by atoms with Crippen LogP contribution in [0.3, 0.4) is 0 Å². The quantitative estimate of drug-likeness (QED) is 0.796. The summed E-state index contributed by atoms with van der Waals surface area (Å²) in [4.78, 5) is 10.6. The molecule has 5 heteroatoms. The van der Waals surface area contributed by atoms with Crippen LogP contribution in [0, 0.1) is 0 Å². The number of aromatic nitrogens is 2. The summed E-state index contributed by atoms with van der Waals surface area (Å²) in [5.41, 5.74) is 0.824. The SMILES string of the molecule is CC(Oc1cccc2[nH]ncc12)C(=O)O. The monoisotopic (exact) mass is 206 g/mol. The third-order valence-electron chi connectivity index (χ3n) is 2.10. The number of H-pyrrole nitrogens is 1. The molecule has 2 rings (SSSR count). The van der Waals surface area contributed by atoms with Gasteiger partial charge in [-0.2, -0.15) is 5.10 Å². The number of aromatic amines is 1. The summed E-state index contributed by atoms with van der Waals surface area (Å²) in [6.45, 7) is 1.49. The smallest absolute Gasteiger partial charge is 0.344 e. The molecule has 1 aromatic heterocycles. The van der Waals surface area contributed by atoms with Gasteiger partial charge in [0.05, 0.1) is 17.1 Å². The number of ether oxygens (including phenoxy) is 1. The van der Waals surface area contributed by atoms with Crippen LogP contribution in [0.4, 0.5) is 0 Å². The Labute approximate surface area is 85.7 Å². The van der Waals surface area contributed by atoms with Crippen molar-refractivity contribution in [1.29, 1.82) is 0 Å². The lowest BCUT2D eigenvalue weighted by Crippen LogP contribution is -2.22. The number of carboxylic acids is 1. The number of carbonyl (C=O) groups is 1. The van der Waals surface area contributed by atoms with Crippen molar-refractivity contribution in [3.63, 3.8) is 0 Å². The molecular formula is C10H10N2O3. The van der Waals surface area contributed by atoms with Crippen LogP contribution < -0.4 is 4.74 Å². The number of rotatable bonds is 3. The molecule has 0 fully saturated rings. The van der Waals surface area contributed by atoms with Crippen LogP contribution in [0.5, 0.6) is 5.75 Å². The zero-order valence-corrected chi connectivity index (χ0v) is 8.10.